The molecule has 1 aromatic heterocycles. The molecule has 2 aromatic carbocycles. The van der Waals surface area contributed by atoms with Crippen LogP contribution in [0.2, 0.25) is 4.34 Å². The van der Waals surface area contributed by atoms with Crippen LogP contribution in [-0.2, 0) is 0 Å². The zero-order valence-corrected chi connectivity index (χ0v) is 17.2. The normalized spacial score (nSPS) is 13.0. The molecule has 1 amide bonds. The van der Waals surface area contributed by atoms with Gasteiger partial charge in [-0.3, -0.25) is 9.80 Å². The van der Waals surface area contributed by atoms with E-state index in [0.717, 1.165) is 28.3 Å². The van der Waals surface area contributed by atoms with Crippen LogP contribution in [0.25, 0.3) is 11.1 Å². The summed E-state index contributed by atoms with van der Waals surface area (Å²) in [5, 5.41) is 4.73. The number of halogens is 1. The predicted octanol–water partition coefficient (Wildman–Crippen LogP) is 4.18. The largest absolute Gasteiger partial charge is 0.496 e. The molecule has 2 heterocycles. The summed E-state index contributed by atoms with van der Waals surface area (Å²) in [5.41, 5.74) is 10.0. The number of methoxy groups -OCH3 is 1. The fraction of sp³-hybridized carbons (Fsp3) is 0.0952. The molecule has 1 aliphatic heterocycles. The van der Waals surface area contributed by atoms with Crippen molar-refractivity contribution in [2.45, 2.75) is 0 Å². The van der Waals surface area contributed by atoms with Gasteiger partial charge in [0.1, 0.15) is 5.75 Å². The van der Waals surface area contributed by atoms with Crippen molar-refractivity contribution in [3.05, 3.63) is 81.8 Å². The van der Waals surface area contributed by atoms with E-state index in [2.05, 4.69) is 16.3 Å². The minimum atomic E-state index is -0.149. The molecule has 1 aliphatic rings. The first-order valence-electron chi connectivity index (χ1n) is 8.92. The van der Waals surface area contributed by atoms with E-state index < -0.39 is 0 Å². The van der Waals surface area contributed by atoms with Crippen molar-refractivity contribution < 1.29 is 9.53 Å². The number of anilines is 1. The first-order valence-corrected chi connectivity index (χ1v) is 10.1. The first kappa shape index (κ1) is 19.3. The molecule has 0 aliphatic carbocycles. The van der Waals surface area contributed by atoms with E-state index >= 15 is 0 Å². The quantitative estimate of drug-likeness (QED) is 0.552. The Morgan fingerprint density at radius 3 is 2.66 bits per heavy atom. The van der Waals surface area contributed by atoms with Gasteiger partial charge in [0.2, 0.25) is 0 Å². The second kappa shape index (κ2) is 8.57. The Balaban J connectivity index is 1.40. The fourth-order valence-corrected chi connectivity index (χ4v) is 3.92. The third-order valence-electron chi connectivity index (χ3n) is 4.42. The van der Waals surface area contributed by atoms with E-state index in [1.807, 2.05) is 59.7 Å². The second-order valence-electron chi connectivity index (χ2n) is 6.29. The topological polar surface area (TPSA) is 65.6 Å². The van der Waals surface area contributed by atoms with Crippen LogP contribution >= 0.6 is 22.9 Å². The summed E-state index contributed by atoms with van der Waals surface area (Å²) in [6.45, 7) is 0.372. The van der Waals surface area contributed by atoms with Gasteiger partial charge in [0.15, 0.2) is 0 Å². The zero-order chi connectivity index (χ0) is 20.2. The fourth-order valence-electron chi connectivity index (χ4n) is 2.97. The van der Waals surface area contributed by atoms with E-state index in [0.29, 0.717) is 15.8 Å². The standard InChI is InChI=1S/C21H19ClN4O2S/c1-28-18-5-3-2-4-17(18)14-6-8-16(9-7-14)26-13-15(24-25-26)12-23-21(27)19-10-11-20(22)29-19/h2-11,13,24-25H,12H2,1H3,(H,23,27). The lowest BCUT2D eigenvalue weighted by Crippen LogP contribution is -2.38. The van der Waals surface area contributed by atoms with Gasteiger partial charge >= 0.3 is 0 Å². The van der Waals surface area contributed by atoms with Crippen molar-refractivity contribution in [1.29, 1.82) is 0 Å². The lowest BCUT2D eigenvalue weighted by Gasteiger charge is -2.16. The summed E-state index contributed by atoms with van der Waals surface area (Å²) in [4.78, 5) is 12.7. The third-order valence-corrected chi connectivity index (χ3v) is 5.65. The highest BCUT2D eigenvalue weighted by atomic mass is 35.5. The molecule has 0 saturated heterocycles. The van der Waals surface area contributed by atoms with Gasteiger partial charge in [-0.05, 0) is 35.9 Å². The summed E-state index contributed by atoms with van der Waals surface area (Å²) in [6.07, 6.45) is 1.90. The molecule has 0 saturated carbocycles. The Hall–Kier alpha value is -3.00. The van der Waals surface area contributed by atoms with Crippen LogP contribution in [0.1, 0.15) is 9.67 Å². The number of carbonyl (C=O) groups is 1. The van der Waals surface area contributed by atoms with E-state index in [4.69, 9.17) is 16.3 Å². The minimum Gasteiger partial charge on any atom is -0.496 e. The molecular formula is C21H19ClN4O2S. The van der Waals surface area contributed by atoms with Gasteiger partial charge in [-0.25, -0.2) is 0 Å². The number of hydrogen-bond acceptors (Lipinski definition) is 6. The van der Waals surface area contributed by atoms with Crippen LogP contribution in [0.4, 0.5) is 5.69 Å². The molecule has 4 rings (SSSR count). The Morgan fingerprint density at radius 1 is 1.14 bits per heavy atom. The number of para-hydroxylation sites is 1. The molecule has 3 N–H and O–H groups in total. The predicted molar refractivity (Wildman–Crippen MR) is 117 cm³/mol. The molecule has 0 spiro atoms. The number of amides is 1. The maximum absolute atomic E-state index is 12.1. The number of hydrogen-bond donors (Lipinski definition) is 3. The molecule has 29 heavy (non-hydrogen) atoms. The lowest BCUT2D eigenvalue weighted by molar-refractivity contribution is 0.0960. The molecule has 0 bridgehead atoms. The van der Waals surface area contributed by atoms with Crippen molar-refractivity contribution in [3.63, 3.8) is 0 Å². The Kier molecular flexibility index (Phi) is 5.71. The van der Waals surface area contributed by atoms with Gasteiger partial charge in [-0.15, -0.1) is 16.9 Å². The molecular weight excluding hydrogens is 408 g/mol. The minimum absolute atomic E-state index is 0.149. The third kappa shape index (κ3) is 4.37. The summed E-state index contributed by atoms with van der Waals surface area (Å²) in [7, 11) is 1.67. The number of carbonyl (C=O) groups excluding carboxylic acids is 1. The van der Waals surface area contributed by atoms with Crippen molar-refractivity contribution in [1.82, 2.24) is 16.3 Å². The highest BCUT2D eigenvalue weighted by Gasteiger charge is 2.15. The SMILES string of the molecule is COc1ccccc1-c1ccc(N2C=C(CNC(=O)c3ccc(Cl)s3)NN2)cc1. The lowest BCUT2D eigenvalue weighted by atomic mass is 10.0. The van der Waals surface area contributed by atoms with Crippen LogP contribution in [0.3, 0.4) is 0 Å². The van der Waals surface area contributed by atoms with E-state index in [-0.39, 0.29) is 5.91 Å². The molecule has 8 heteroatoms. The van der Waals surface area contributed by atoms with Gasteiger partial charge in [0, 0.05) is 11.8 Å². The number of nitrogens with zero attached hydrogens (tertiary/aromatic N) is 1. The Morgan fingerprint density at radius 2 is 1.93 bits per heavy atom. The number of nitrogens with one attached hydrogen (secondary N) is 3. The summed E-state index contributed by atoms with van der Waals surface area (Å²) >= 11 is 7.13. The van der Waals surface area contributed by atoms with Crippen LogP contribution in [0.5, 0.6) is 5.75 Å². The molecule has 6 nitrogen and oxygen atoms in total. The average Bonchev–Trinajstić information content (AvgIpc) is 3.41. The van der Waals surface area contributed by atoms with Crippen LogP contribution in [0.15, 0.2) is 72.6 Å². The number of hydrazine groups is 2. The molecule has 0 radical (unpaired) electrons. The number of benzene rings is 2. The second-order valence-corrected chi connectivity index (χ2v) is 8.01. The Bertz CT molecular complexity index is 1050. The molecule has 3 aromatic rings. The summed E-state index contributed by atoms with van der Waals surface area (Å²) in [6, 6.07) is 19.5. The summed E-state index contributed by atoms with van der Waals surface area (Å²) in [5.74, 6) is 0.690. The van der Waals surface area contributed by atoms with E-state index in [1.54, 1.807) is 19.2 Å². The van der Waals surface area contributed by atoms with Crippen molar-refractivity contribution in [2.75, 3.05) is 18.7 Å². The van der Waals surface area contributed by atoms with Crippen LogP contribution < -0.4 is 26.0 Å². The first-order chi connectivity index (χ1) is 14.1. The number of ether oxygens (including phenoxy) is 1. The van der Waals surface area contributed by atoms with Gasteiger partial charge in [0.25, 0.3) is 5.91 Å². The van der Waals surface area contributed by atoms with Crippen molar-refractivity contribution in [2.24, 2.45) is 0 Å². The molecule has 0 atom stereocenters. The van der Waals surface area contributed by atoms with Crippen LogP contribution in [0, 0.1) is 0 Å². The van der Waals surface area contributed by atoms with E-state index in [1.165, 1.54) is 11.3 Å². The van der Waals surface area contributed by atoms with Crippen molar-refractivity contribution >= 4 is 34.5 Å². The van der Waals surface area contributed by atoms with Gasteiger partial charge in [-0.1, -0.05) is 41.9 Å². The maximum atomic E-state index is 12.1. The zero-order valence-electron chi connectivity index (χ0n) is 15.6. The highest BCUT2D eigenvalue weighted by molar-refractivity contribution is 7.18. The van der Waals surface area contributed by atoms with E-state index in [9.17, 15) is 4.79 Å². The molecule has 148 valence electrons. The molecule has 0 unspecified atom stereocenters. The van der Waals surface area contributed by atoms with Crippen molar-refractivity contribution in [3.8, 4) is 16.9 Å². The molecule has 0 fully saturated rings. The smallest absolute Gasteiger partial charge is 0.261 e. The van der Waals surface area contributed by atoms with Gasteiger partial charge < -0.3 is 15.5 Å². The average molecular weight is 427 g/mol. The van der Waals surface area contributed by atoms with Gasteiger partial charge in [-0.2, -0.15) is 0 Å². The highest BCUT2D eigenvalue weighted by Crippen LogP contribution is 2.31. The summed E-state index contributed by atoms with van der Waals surface area (Å²) < 4.78 is 6.04. The van der Waals surface area contributed by atoms with Gasteiger partial charge in [0.05, 0.1) is 34.3 Å². The maximum Gasteiger partial charge on any atom is 0.261 e. The number of rotatable bonds is 6. The number of thiophene rings is 1. The van der Waals surface area contributed by atoms with Crippen LogP contribution in [-0.4, -0.2) is 19.6 Å². The Labute approximate surface area is 177 Å². The monoisotopic (exact) mass is 426 g/mol.